The van der Waals surface area contributed by atoms with Gasteiger partial charge in [-0.3, -0.25) is 0 Å². The minimum absolute atomic E-state index is 0.0516. The fraction of sp³-hybridized carbons (Fsp3) is 0.143. The Hall–Kier alpha value is -0.750. The Morgan fingerprint density at radius 1 is 1.19 bits per heavy atom. The number of aryl methyl sites for hydroxylation is 1. The molecule has 0 heterocycles. The van der Waals surface area contributed by atoms with Crippen LogP contribution in [0.1, 0.15) is 11.1 Å². The van der Waals surface area contributed by atoms with Crippen molar-refractivity contribution >= 4 is 47.3 Å². The second kappa shape index (κ2) is 6.57. The van der Waals surface area contributed by atoms with Crippen LogP contribution in [0.3, 0.4) is 0 Å². The maximum atomic E-state index is 11.3. The van der Waals surface area contributed by atoms with E-state index in [1.807, 2.05) is 12.1 Å². The molecule has 7 heteroatoms. The van der Waals surface area contributed by atoms with Gasteiger partial charge in [-0.2, -0.15) is 0 Å². The smallest absolute Gasteiger partial charge is 0.261 e. The fourth-order valence-corrected chi connectivity index (χ4v) is 3.29. The highest BCUT2D eigenvalue weighted by Gasteiger charge is 2.12. The average Bonchev–Trinajstić information content (AvgIpc) is 2.38. The van der Waals surface area contributed by atoms with Gasteiger partial charge in [0.1, 0.15) is 12.4 Å². The van der Waals surface area contributed by atoms with E-state index in [1.165, 1.54) is 12.1 Å². The summed E-state index contributed by atoms with van der Waals surface area (Å²) in [5.74, 6) is 0.582. The molecule has 0 unspecified atom stereocenters. The molecule has 0 N–H and O–H groups in total. The number of benzene rings is 2. The molecule has 0 spiro atoms. The molecule has 0 aromatic heterocycles. The van der Waals surface area contributed by atoms with E-state index in [0.29, 0.717) is 22.9 Å². The summed E-state index contributed by atoms with van der Waals surface area (Å²) in [6.45, 7) is 2.05. The Labute approximate surface area is 141 Å². The molecule has 112 valence electrons. The Morgan fingerprint density at radius 3 is 2.48 bits per heavy atom. The van der Waals surface area contributed by atoms with Crippen LogP contribution in [-0.4, -0.2) is 8.42 Å². The number of rotatable bonds is 4. The van der Waals surface area contributed by atoms with Crippen LogP contribution in [0.15, 0.2) is 45.8 Å². The lowest BCUT2D eigenvalue weighted by molar-refractivity contribution is 0.304. The van der Waals surface area contributed by atoms with Crippen molar-refractivity contribution in [3.8, 4) is 5.75 Å². The molecule has 2 aromatic carbocycles. The third-order valence-electron chi connectivity index (χ3n) is 2.83. The summed E-state index contributed by atoms with van der Waals surface area (Å²) in [5.41, 5.74) is 1.53. The molecule has 0 fully saturated rings. The lowest BCUT2D eigenvalue weighted by Crippen LogP contribution is -1.99. The quantitative estimate of drug-likeness (QED) is 0.673. The van der Waals surface area contributed by atoms with Crippen LogP contribution in [0.5, 0.6) is 5.75 Å². The third kappa shape index (κ3) is 4.36. The number of halogens is 3. The zero-order valence-electron chi connectivity index (χ0n) is 10.9. The minimum Gasteiger partial charge on any atom is -0.489 e. The largest absolute Gasteiger partial charge is 0.489 e. The van der Waals surface area contributed by atoms with Crippen molar-refractivity contribution in [1.82, 2.24) is 0 Å². The van der Waals surface area contributed by atoms with E-state index in [0.717, 1.165) is 10.0 Å². The van der Waals surface area contributed by atoms with Crippen molar-refractivity contribution in [3.05, 3.63) is 57.0 Å². The predicted octanol–water partition coefficient (Wildman–Crippen LogP) is 4.92. The first-order chi connectivity index (χ1) is 9.77. The van der Waals surface area contributed by atoms with Gasteiger partial charge < -0.3 is 4.74 Å². The summed E-state index contributed by atoms with van der Waals surface area (Å²) >= 11 is 9.45. The molecule has 2 aromatic rings. The van der Waals surface area contributed by atoms with Crippen LogP contribution in [0.2, 0.25) is 5.02 Å². The van der Waals surface area contributed by atoms with Crippen LogP contribution in [0, 0.1) is 6.92 Å². The van der Waals surface area contributed by atoms with Gasteiger partial charge in [-0.15, -0.1) is 0 Å². The molecule has 0 atom stereocenters. The molecule has 21 heavy (non-hydrogen) atoms. The van der Waals surface area contributed by atoms with E-state index in [2.05, 4.69) is 15.9 Å². The standard InChI is InChI=1S/C14H11BrCl2O3S/c1-9-6-12(21(17,18)19)4-5-14(9)20-8-10-2-3-11(15)7-13(10)16/h2-7H,8H2,1H3. The normalized spacial score (nSPS) is 11.4. The predicted molar refractivity (Wildman–Crippen MR) is 87.7 cm³/mol. The molecule has 0 aliphatic heterocycles. The Morgan fingerprint density at radius 2 is 1.90 bits per heavy atom. The zero-order chi connectivity index (χ0) is 15.6. The second-order valence-electron chi connectivity index (χ2n) is 4.39. The summed E-state index contributed by atoms with van der Waals surface area (Å²) in [7, 11) is 1.57. The van der Waals surface area contributed by atoms with Crippen molar-refractivity contribution in [2.45, 2.75) is 18.4 Å². The van der Waals surface area contributed by atoms with Gasteiger partial charge in [0.05, 0.1) is 4.90 Å². The molecular weight excluding hydrogens is 399 g/mol. The lowest BCUT2D eigenvalue weighted by atomic mass is 10.2. The number of hydrogen-bond donors (Lipinski definition) is 0. The fourth-order valence-electron chi connectivity index (χ4n) is 1.73. The van der Waals surface area contributed by atoms with Crippen molar-refractivity contribution in [2.75, 3.05) is 0 Å². The van der Waals surface area contributed by atoms with Crippen molar-refractivity contribution in [2.24, 2.45) is 0 Å². The van der Waals surface area contributed by atoms with Crippen LogP contribution < -0.4 is 4.74 Å². The second-order valence-corrected chi connectivity index (χ2v) is 8.28. The highest BCUT2D eigenvalue weighted by Crippen LogP contribution is 2.26. The van der Waals surface area contributed by atoms with Gasteiger partial charge in [-0.1, -0.05) is 33.6 Å². The molecular formula is C14H11BrCl2O3S. The van der Waals surface area contributed by atoms with Crippen molar-refractivity contribution in [1.29, 1.82) is 0 Å². The van der Waals surface area contributed by atoms with Crippen LogP contribution >= 0.6 is 38.2 Å². The molecule has 3 nitrogen and oxygen atoms in total. The summed E-state index contributed by atoms with van der Waals surface area (Å²) in [6.07, 6.45) is 0. The molecule has 0 aliphatic rings. The highest BCUT2D eigenvalue weighted by atomic mass is 79.9. The molecule has 0 radical (unpaired) electrons. The van der Waals surface area contributed by atoms with Gasteiger partial charge in [0.15, 0.2) is 0 Å². The van der Waals surface area contributed by atoms with Gasteiger partial charge in [0.2, 0.25) is 0 Å². The van der Waals surface area contributed by atoms with Crippen LogP contribution in [0.4, 0.5) is 0 Å². The summed E-state index contributed by atoms with van der Waals surface area (Å²) in [6, 6.07) is 9.99. The molecule has 0 aliphatic carbocycles. The number of hydrogen-bond acceptors (Lipinski definition) is 3. The van der Waals surface area contributed by atoms with Gasteiger partial charge in [-0.05, 0) is 42.8 Å². The first-order valence-electron chi connectivity index (χ1n) is 5.89. The lowest BCUT2D eigenvalue weighted by Gasteiger charge is -2.11. The molecule has 0 amide bonds. The molecule has 0 saturated heterocycles. The molecule has 0 saturated carbocycles. The van der Waals surface area contributed by atoms with Gasteiger partial charge in [-0.25, -0.2) is 8.42 Å². The molecule has 2 rings (SSSR count). The van der Waals surface area contributed by atoms with Crippen LogP contribution in [-0.2, 0) is 15.7 Å². The monoisotopic (exact) mass is 408 g/mol. The van der Waals surface area contributed by atoms with Crippen molar-refractivity contribution in [3.63, 3.8) is 0 Å². The summed E-state index contributed by atoms with van der Waals surface area (Å²) in [4.78, 5) is 0.0516. The summed E-state index contributed by atoms with van der Waals surface area (Å²) in [5, 5.41) is 0.599. The maximum absolute atomic E-state index is 11.3. The topological polar surface area (TPSA) is 43.4 Å². The van der Waals surface area contributed by atoms with E-state index < -0.39 is 9.05 Å². The number of ether oxygens (including phenoxy) is 1. The van der Waals surface area contributed by atoms with Gasteiger partial charge in [0, 0.05) is 25.7 Å². The van der Waals surface area contributed by atoms with E-state index in [1.54, 1.807) is 19.1 Å². The van der Waals surface area contributed by atoms with E-state index in [4.69, 9.17) is 27.0 Å². The van der Waals surface area contributed by atoms with E-state index in [9.17, 15) is 8.42 Å². The van der Waals surface area contributed by atoms with Crippen LogP contribution in [0.25, 0.3) is 0 Å². The van der Waals surface area contributed by atoms with E-state index in [-0.39, 0.29) is 4.90 Å². The van der Waals surface area contributed by atoms with E-state index >= 15 is 0 Å². The SMILES string of the molecule is Cc1cc(S(=O)(=O)Cl)ccc1OCc1ccc(Br)cc1Cl. The van der Waals surface area contributed by atoms with Crippen molar-refractivity contribution < 1.29 is 13.2 Å². The first-order valence-corrected chi connectivity index (χ1v) is 9.37. The minimum atomic E-state index is -3.73. The Kier molecular flexibility index (Phi) is 5.20. The van der Waals surface area contributed by atoms with Gasteiger partial charge in [0.25, 0.3) is 9.05 Å². The highest BCUT2D eigenvalue weighted by molar-refractivity contribution is 9.10. The average molecular weight is 410 g/mol. The third-order valence-corrected chi connectivity index (χ3v) is 5.02. The Balaban J connectivity index is 2.17. The maximum Gasteiger partial charge on any atom is 0.261 e. The first kappa shape index (κ1) is 16.6. The Bertz CT molecular complexity index is 776. The summed E-state index contributed by atoms with van der Waals surface area (Å²) < 4.78 is 29.1. The zero-order valence-corrected chi connectivity index (χ0v) is 14.9. The molecule has 0 bridgehead atoms. The van der Waals surface area contributed by atoms with Gasteiger partial charge >= 0.3 is 0 Å².